The van der Waals surface area contributed by atoms with Gasteiger partial charge in [0.15, 0.2) is 11.5 Å². The van der Waals surface area contributed by atoms with Gasteiger partial charge in [0.25, 0.3) is 0 Å². The molecule has 0 radical (unpaired) electrons. The number of aryl methyl sites for hydroxylation is 1. The summed E-state index contributed by atoms with van der Waals surface area (Å²) in [6.45, 7) is 3.13. The fourth-order valence-corrected chi connectivity index (χ4v) is 2.90. The molecule has 0 bridgehead atoms. The van der Waals surface area contributed by atoms with Gasteiger partial charge in [0.1, 0.15) is 0 Å². The molecule has 1 aromatic heterocycles. The third-order valence-electron chi connectivity index (χ3n) is 4.31. The predicted molar refractivity (Wildman–Crippen MR) is 107 cm³/mol. The molecule has 8 heteroatoms. The molecular formula is C20H24N4O4. The van der Waals surface area contributed by atoms with Crippen LogP contribution in [0.5, 0.6) is 17.2 Å². The Labute approximate surface area is 163 Å². The number of carbonyl (C=O) groups excluding carboxylic acids is 1. The van der Waals surface area contributed by atoms with Crippen LogP contribution in [0.15, 0.2) is 36.5 Å². The Morgan fingerprint density at radius 2 is 1.79 bits per heavy atom. The molecule has 0 saturated carbocycles. The first kappa shape index (κ1) is 19.3. The summed E-state index contributed by atoms with van der Waals surface area (Å²) in [5.74, 6) is 1.59. The van der Waals surface area contributed by atoms with Crippen LogP contribution in [0.3, 0.4) is 0 Å². The van der Waals surface area contributed by atoms with Crippen LogP contribution >= 0.6 is 0 Å². The number of anilines is 1. The van der Waals surface area contributed by atoms with E-state index in [2.05, 4.69) is 15.7 Å². The molecule has 8 nitrogen and oxygen atoms in total. The van der Waals surface area contributed by atoms with Crippen molar-refractivity contribution < 1.29 is 19.0 Å². The van der Waals surface area contributed by atoms with E-state index in [-0.39, 0.29) is 6.03 Å². The molecule has 3 aromatic rings. The number of ether oxygens (including phenoxy) is 3. The fraction of sp³-hybridized carbons (Fsp3) is 0.300. The van der Waals surface area contributed by atoms with Crippen molar-refractivity contribution in [3.63, 3.8) is 0 Å². The molecule has 0 spiro atoms. The first-order valence-corrected chi connectivity index (χ1v) is 8.88. The fourth-order valence-electron chi connectivity index (χ4n) is 2.90. The highest BCUT2D eigenvalue weighted by molar-refractivity contribution is 5.92. The van der Waals surface area contributed by atoms with Crippen LogP contribution in [-0.4, -0.2) is 37.1 Å². The molecule has 0 unspecified atom stereocenters. The van der Waals surface area contributed by atoms with Gasteiger partial charge in [-0.05, 0) is 42.8 Å². The van der Waals surface area contributed by atoms with Gasteiger partial charge in [-0.25, -0.2) is 4.79 Å². The number of nitrogens with one attached hydrogen (secondary N) is 2. The van der Waals surface area contributed by atoms with E-state index >= 15 is 0 Å². The Bertz CT molecular complexity index is 958. The molecule has 0 saturated heterocycles. The zero-order valence-corrected chi connectivity index (χ0v) is 16.4. The van der Waals surface area contributed by atoms with Crippen LogP contribution in [0.2, 0.25) is 0 Å². The van der Waals surface area contributed by atoms with Crippen LogP contribution in [0, 0.1) is 0 Å². The summed E-state index contributed by atoms with van der Waals surface area (Å²) in [6.07, 6.45) is 1.98. The van der Waals surface area contributed by atoms with Gasteiger partial charge in [-0.1, -0.05) is 0 Å². The zero-order valence-electron chi connectivity index (χ0n) is 16.4. The quantitative estimate of drug-likeness (QED) is 0.652. The van der Waals surface area contributed by atoms with Gasteiger partial charge < -0.3 is 24.8 Å². The van der Waals surface area contributed by atoms with E-state index in [1.54, 1.807) is 33.5 Å². The number of benzene rings is 2. The summed E-state index contributed by atoms with van der Waals surface area (Å²) in [7, 11) is 4.65. The normalized spacial score (nSPS) is 10.6. The minimum atomic E-state index is -0.317. The number of nitrogens with zero attached hydrogens (tertiary/aromatic N) is 2. The monoisotopic (exact) mass is 384 g/mol. The number of rotatable bonds is 7. The van der Waals surface area contributed by atoms with Crippen LogP contribution in [-0.2, 0) is 13.1 Å². The predicted octanol–water partition coefficient (Wildman–Crippen LogP) is 3.40. The maximum absolute atomic E-state index is 12.3. The number of fused-ring (bicyclic) bond motifs is 1. The zero-order chi connectivity index (χ0) is 20.1. The minimum absolute atomic E-state index is 0.301. The largest absolute Gasteiger partial charge is 0.493 e. The number of methoxy groups -OCH3 is 3. The molecule has 0 fully saturated rings. The second kappa shape index (κ2) is 8.51. The number of hydrogen-bond donors (Lipinski definition) is 2. The van der Waals surface area contributed by atoms with Crippen molar-refractivity contribution in [2.45, 2.75) is 20.0 Å². The van der Waals surface area contributed by atoms with Gasteiger partial charge in [-0.3, -0.25) is 4.68 Å². The van der Waals surface area contributed by atoms with Crippen LogP contribution in [0.25, 0.3) is 10.9 Å². The Kier molecular flexibility index (Phi) is 5.88. The number of hydrogen-bond acceptors (Lipinski definition) is 5. The molecule has 3 rings (SSSR count). The van der Waals surface area contributed by atoms with Crippen LogP contribution in [0.4, 0.5) is 10.5 Å². The summed E-state index contributed by atoms with van der Waals surface area (Å²) in [5.41, 5.74) is 2.34. The summed E-state index contributed by atoms with van der Waals surface area (Å²) < 4.78 is 17.8. The Morgan fingerprint density at radius 3 is 2.39 bits per heavy atom. The van der Waals surface area contributed by atoms with E-state index in [0.29, 0.717) is 29.5 Å². The van der Waals surface area contributed by atoms with Crippen LogP contribution in [0.1, 0.15) is 12.5 Å². The number of amides is 2. The molecule has 0 aliphatic carbocycles. The smallest absolute Gasteiger partial charge is 0.319 e. The van der Waals surface area contributed by atoms with E-state index in [1.165, 1.54) is 0 Å². The SMILES string of the molecule is CCn1cc2ccc(NC(=O)NCc3cc(OC)c(OC)c(OC)c3)cc2n1. The first-order valence-electron chi connectivity index (χ1n) is 8.88. The van der Waals surface area contributed by atoms with Crippen molar-refractivity contribution in [3.05, 3.63) is 42.1 Å². The average Bonchev–Trinajstić information content (AvgIpc) is 3.13. The lowest BCUT2D eigenvalue weighted by molar-refractivity contribution is 0.251. The second-order valence-corrected chi connectivity index (χ2v) is 6.10. The Hall–Kier alpha value is -3.42. The summed E-state index contributed by atoms with van der Waals surface area (Å²) >= 11 is 0. The molecule has 1 heterocycles. The maximum Gasteiger partial charge on any atom is 0.319 e. The number of urea groups is 1. The van der Waals surface area contributed by atoms with Gasteiger partial charge in [0.2, 0.25) is 5.75 Å². The van der Waals surface area contributed by atoms with Gasteiger partial charge >= 0.3 is 6.03 Å². The van der Waals surface area contributed by atoms with Gasteiger partial charge in [0.05, 0.1) is 26.8 Å². The van der Waals surface area contributed by atoms with Crippen LogP contribution < -0.4 is 24.8 Å². The highest BCUT2D eigenvalue weighted by Crippen LogP contribution is 2.38. The van der Waals surface area contributed by atoms with Crippen molar-refractivity contribution in [1.82, 2.24) is 15.1 Å². The molecule has 28 heavy (non-hydrogen) atoms. The van der Waals surface area contributed by atoms with E-state index in [1.807, 2.05) is 36.0 Å². The number of carbonyl (C=O) groups is 1. The average molecular weight is 384 g/mol. The maximum atomic E-state index is 12.3. The van der Waals surface area contributed by atoms with E-state index < -0.39 is 0 Å². The summed E-state index contributed by atoms with van der Waals surface area (Å²) in [6, 6.07) is 8.91. The van der Waals surface area contributed by atoms with Crippen molar-refractivity contribution in [1.29, 1.82) is 0 Å². The van der Waals surface area contributed by atoms with Gasteiger partial charge in [0, 0.05) is 30.4 Å². The van der Waals surface area contributed by atoms with Gasteiger partial charge in [-0.2, -0.15) is 5.10 Å². The number of aromatic nitrogens is 2. The third-order valence-corrected chi connectivity index (χ3v) is 4.31. The third kappa shape index (κ3) is 4.11. The van der Waals surface area contributed by atoms with E-state index in [0.717, 1.165) is 23.0 Å². The molecule has 2 amide bonds. The molecule has 2 aromatic carbocycles. The minimum Gasteiger partial charge on any atom is -0.493 e. The molecule has 148 valence electrons. The lowest BCUT2D eigenvalue weighted by Crippen LogP contribution is -2.28. The lowest BCUT2D eigenvalue weighted by Gasteiger charge is -2.14. The highest BCUT2D eigenvalue weighted by atomic mass is 16.5. The highest BCUT2D eigenvalue weighted by Gasteiger charge is 2.13. The standard InChI is InChI=1S/C20H24N4O4/c1-5-24-12-14-6-7-15(10-16(14)23-24)22-20(25)21-11-13-8-17(26-2)19(28-4)18(9-13)27-3/h6-10,12H,5,11H2,1-4H3,(H2,21,22,25). The Balaban J connectivity index is 1.67. The lowest BCUT2D eigenvalue weighted by atomic mass is 10.2. The van der Waals surface area contributed by atoms with E-state index in [9.17, 15) is 4.79 Å². The molecule has 0 atom stereocenters. The van der Waals surface area contributed by atoms with E-state index in [4.69, 9.17) is 14.2 Å². The van der Waals surface area contributed by atoms with Crippen molar-refractivity contribution in [2.75, 3.05) is 26.6 Å². The summed E-state index contributed by atoms with van der Waals surface area (Å²) in [5, 5.41) is 11.1. The molecular weight excluding hydrogens is 360 g/mol. The topological polar surface area (TPSA) is 86.6 Å². The van der Waals surface area contributed by atoms with Crippen molar-refractivity contribution in [3.8, 4) is 17.2 Å². The molecule has 2 N–H and O–H groups in total. The molecule has 0 aliphatic heterocycles. The van der Waals surface area contributed by atoms with Gasteiger partial charge in [-0.15, -0.1) is 0 Å². The summed E-state index contributed by atoms with van der Waals surface area (Å²) in [4.78, 5) is 12.3. The van der Waals surface area contributed by atoms with Crippen molar-refractivity contribution in [2.24, 2.45) is 0 Å². The van der Waals surface area contributed by atoms with Crippen molar-refractivity contribution >= 4 is 22.6 Å². The Morgan fingerprint density at radius 1 is 1.07 bits per heavy atom. The second-order valence-electron chi connectivity index (χ2n) is 6.10. The molecule has 0 aliphatic rings. The first-order chi connectivity index (χ1) is 13.6.